The molecule has 1 N–H and O–H groups in total. The van der Waals surface area contributed by atoms with E-state index < -0.39 is 15.8 Å². The Bertz CT molecular complexity index is 420. The van der Waals surface area contributed by atoms with Gasteiger partial charge in [0.05, 0.1) is 11.8 Å². The van der Waals surface area contributed by atoms with Gasteiger partial charge in [-0.15, -0.1) is 0 Å². The summed E-state index contributed by atoms with van der Waals surface area (Å²) in [5.74, 6) is -1.43. The van der Waals surface area contributed by atoms with Gasteiger partial charge in [0.2, 0.25) is 0 Å². The van der Waals surface area contributed by atoms with Crippen molar-refractivity contribution in [2.45, 2.75) is 5.88 Å². The van der Waals surface area contributed by atoms with E-state index >= 15 is 0 Å². The van der Waals surface area contributed by atoms with E-state index in [4.69, 9.17) is 5.11 Å². The molecule has 0 fully saturated rings. The molecule has 0 aliphatic carbocycles. The Morgan fingerprint density at radius 1 is 1.69 bits per heavy atom. The number of aromatic carboxylic acids is 1. The van der Waals surface area contributed by atoms with E-state index in [-0.39, 0.29) is 11.4 Å². The summed E-state index contributed by atoms with van der Waals surface area (Å²) in [4.78, 5) is 10.4. The van der Waals surface area contributed by atoms with Gasteiger partial charge in [0.1, 0.15) is 5.88 Å². The lowest BCUT2D eigenvalue weighted by Gasteiger charge is -1.96. The predicted molar refractivity (Wildman–Crippen MR) is 44.0 cm³/mol. The molecule has 0 unspecified atom stereocenters. The summed E-state index contributed by atoms with van der Waals surface area (Å²) in [6.45, 7) is 0. The van der Waals surface area contributed by atoms with Gasteiger partial charge >= 0.3 is 5.97 Å². The third kappa shape index (κ3) is 2.86. The van der Waals surface area contributed by atoms with Crippen LogP contribution in [0, 0.1) is 0 Å². The van der Waals surface area contributed by atoms with Crippen molar-refractivity contribution in [2.75, 3.05) is 6.26 Å². The highest BCUT2D eigenvalue weighted by molar-refractivity contribution is 7.89. The zero-order valence-electron chi connectivity index (χ0n) is 6.84. The molecule has 6 nitrogen and oxygen atoms in total. The van der Waals surface area contributed by atoms with Crippen LogP contribution in [0.2, 0.25) is 0 Å². The van der Waals surface area contributed by atoms with E-state index in [1.807, 2.05) is 0 Å². The quantitative estimate of drug-likeness (QED) is 0.722. The number of carboxylic acid groups (broad SMARTS) is 1. The van der Waals surface area contributed by atoms with Crippen LogP contribution >= 0.6 is 0 Å². The predicted octanol–water partition coefficient (Wildman–Crippen LogP) is -0.417. The van der Waals surface area contributed by atoms with Crippen LogP contribution in [0.5, 0.6) is 0 Å². The van der Waals surface area contributed by atoms with Crippen LogP contribution in [0.1, 0.15) is 10.4 Å². The number of hydrogen-bond acceptors (Lipinski definition) is 4. The Hall–Kier alpha value is -1.37. The summed E-state index contributed by atoms with van der Waals surface area (Å²) < 4.78 is 22.6. The minimum atomic E-state index is -3.18. The highest BCUT2D eigenvalue weighted by Gasteiger charge is 2.08. The first-order chi connectivity index (χ1) is 5.88. The standard InChI is InChI=1S/C6H8N2O4S/c1-13(11,12)4-8-3-5(2-7-8)6(9)10/h2-3H,4H2,1H3,(H,9,10). The van der Waals surface area contributed by atoms with Gasteiger partial charge in [-0.1, -0.05) is 0 Å². The molecule has 0 saturated heterocycles. The maximum Gasteiger partial charge on any atom is 0.338 e. The second-order valence-electron chi connectivity index (χ2n) is 2.63. The maximum atomic E-state index is 10.8. The van der Waals surface area contributed by atoms with Crippen molar-refractivity contribution in [1.29, 1.82) is 0 Å². The van der Waals surface area contributed by atoms with Crippen molar-refractivity contribution in [2.24, 2.45) is 0 Å². The van der Waals surface area contributed by atoms with Crippen molar-refractivity contribution in [3.63, 3.8) is 0 Å². The van der Waals surface area contributed by atoms with Gasteiger partial charge in [0, 0.05) is 12.5 Å². The Morgan fingerprint density at radius 3 is 2.69 bits per heavy atom. The molecule has 0 aliphatic heterocycles. The lowest BCUT2D eigenvalue weighted by molar-refractivity contribution is 0.0696. The van der Waals surface area contributed by atoms with Crippen LogP contribution < -0.4 is 0 Å². The number of carbonyl (C=O) groups is 1. The first-order valence-corrected chi connectivity index (χ1v) is 5.38. The molecule has 1 heterocycles. The van der Waals surface area contributed by atoms with E-state index in [1.54, 1.807) is 0 Å². The SMILES string of the molecule is CS(=O)(=O)Cn1cc(C(=O)O)cn1. The van der Waals surface area contributed by atoms with E-state index in [9.17, 15) is 13.2 Å². The van der Waals surface area contributed by atoms with E-state index in [0.29, 0.717) is 0 Å². The third-order valence-electron chi connectivity index (χ3n) is 1.25. The Morgan fingerprint density at radius 2 is 2.31 bits per heavy atom. The van der Waals surface area contributed by atoms with Crippen molar-refractivity contribution >= 4 is 15.8 Å². The van der Waals surface area contributed by atoms with Crippen LogP contribution in [-0.4, -0.2) is 35.5 Å². The second-order valence-corrected chi connectivity index (χ2v) is 4.74. The van der Waals surface area contributed by atoms with Crippen molar-refractivity contribution < 1.29 is 18.3 Å². The Kier molecular flexibility index (Phi) is 2.37. The normalized spacial score (nSPS) is 11.5. The number of carboxylic acids is 1. The first kappa shape index (κ1) is 9.72. The highest BCUT2D eigenvalue weighted by atomic mass is 32.2. The summed E-state index contributed by atoms with van der Waals surface area (Å²) in [5.41, 5.74) is -0.0244. The average molecular weight is 204 g/mol. The fourth-order valence-electron chi connectivity index (χ4n) is 0.785. The number of rotatable bonds is 3. The molecule has 0 bridgehead atoms. The van der Waals surface area contributed by atoms with Crippen molar-refractivity contribution in [3.05, 3.63) is 18.0 Å². The third-order valence-corrected chi connectivity index (χ3v) is 1.98. The number of hydrogen-bond donors (Lipinski definition) is 1. The molecular weight excluding hydrogens is 196 g/mol. The summed E-state index contributed by atoms with van der Waals surface area (Å²) in [6, 6.07) is 0. The Labute approximate surface area is 74.7 Å². The maximum absolute atomic E-state index is 10.8. The van der Waals surface area contributed by atoms with Crippen molar-refractivity contribution in [3.8, 4) is 0 Å². The molecule has 13 heavy (non-hydrogen) atoms. The smallest absolute Gasteiger partial charge is 0.338 e. The van der Waals surface area contributed by atoms with Gasteiger partial charge in [-0.2, -0.15) is 5.10 Å². The number of nitrogens with zero attached hydrogens (tertiary/aromatic N) is 2. The van der Waals surface area contributed by atoms with Crippen LogP contribution in [-0.2, 0) is 15.7 Å². The molecule has 1 aromatic rings. The van der Waals surface area contributed by atoms with Gasteiger partial charge in [0.15, 0.2) is 9.84 Å². The molecule has 0 saturated carbocycles. The zero-order valence-corrected chi connectivity index (χ0v) is 7.65. The molecule has 0 atom stereocenters. The monoisotopic (exact) mass is 204 g/mol. The van der Waals surface area contributed by atoms with Crippen LogP contribution in [0.15, 0.2) is 12.4 Å². The first-order valence-electron chi connectivity index (χ1n) is 3.32. The van der Waals surface area contributed by atoms with Crippen LogP contribution in [0.25, 0.3) is 0 Å². The fraction of sp³-hybridized carbons (Fsp3) is 0.333. The summed E-state index contributed by atoms with van der Waals surface area (Å²) >= 11 is 0. The van der Waals surface area contributed by atoms with Gasteiger partial charge in [-0.3, -0.25) is 4.68 Å². The molecule has 0 radical (unpaired) electrons. The minimum Gasteiger partial charge on any atom is -0.478 e. The zero-order chi connectivity index (χ0) is 10.1. The molecule has 7 heteroatoms. The van der Waals surface area contributed by atoms with E-state index in [2.05, 4.69) is 5.10 Å². The highest BCUT2D eigenvalue weighted by Crippen LogP contribution is 1.98. The minimum absolute atomic E-state index is 0.0244. The molecule has 1 rings (SSSR count). The summed E-state index contributed by atoms with van der Waals surface area (Å²) in [7, 11) is -3.18. The molecule has 0 aliphatic rings. The second kappa shape index (κ2) is 3.17. The molecule has 0 spiro atoms. The summed E-state index contributed by atoms with van der Waals surface area (Å²) in [5, 5.41) is 12.1. The number of sulfone groups is 1. The molecule has 0 aromatic carbocycles. The van der Waals surface area contributed by atoms with Gasteiger partial charge in [-0.25, -0.2) is 13.2 Å². The summed E-state index contributed by atoms with van der Waals surface area (Å²) in [6.07, 6.45) is 3.33. The largest absolute Gasteiger partial charge is 0.478 e. The van der Waals surface area contributed by atoms with Crippen molar-refractivity contribution in [1.82, 2.24) is 9.78 Å². The van der Waals surface area contributed by atoms with Gasteiger partial charge in [0.25, 0.3) is 0 Å². The van der Waals surface area contributed by atoms with Gasteiger partial charge in [-0.05, 0) is 0 Å². The average Bonchev–Trinajstić information content (AvgIpc) is 2.31. The molecule has 72 valence electrons. The van der Waals surface area contributed by atoms with E-state index in [0.717, 1.165) is 17.1 Å². The molecule has 0 amide bonds. The van der Waals surface area contributed by atoms with Gasteiger partial charge < -0.3 is 5.11 Å². The number of aromatic nitrogens is 2. The van der Waals surface area contributed by atoms with Crippen LogP contribution in [0.4, 0.5) is 0 Å². The molecular formula is C6H8N2O4S. The lowest BCUT2D eigenvalue weighted by atomic mass is 10.4. The van der Waals surface area contributed by atoms with Crippen LogP contribution in [0.3, 0.4) is 0 Å². The van der Waals surface area contributed by atoms with E-state index in [1.165, 1.54) is 6.20 Å². The lowest BCUT2D eigenvalue weighted by Crippen LogP contribution is -2.09. The Balaban J connectivity index is 2.87. The fourth-order valence-corrected chi connectivity index (χ4v) is 1.41. The molecule has 1 aromatic heterocycles. The topological polar surface area (TPSA) is 89.3 Å².